The van der Waals surface area contributed by atoms with Gasteiger partial charge in [-0.3, -0.25) is 18.9 Å². The van der Waals surface area contributed by atoms with Gasteiger partial charge in [0.05, 0.1) is 10.6 Å². The van der Waals surface area contributed by atoms with Crippen molar-refractivity contribution in [1.29, 1.82) is 0 Å². The number of hydrogen-bond acceptors (Lipinski definition) is 6. The molecular weight excluding hydrogens is 597 g/mol. The summed E-state index contributed by atoms with van der Waals surface area (Å²) >= 11 is 12.1. The minimum atomic E-state index is -4.39. The van der Waals surface area contributed by atoms with Crippen LogP contribution in [0.15, 0.2) is 77.8 Å². The molecule has 8 nitrogen and oxygen atoms in total. The van der Waals surface area contributed by atoms with E-state index in [1.165, 1.54) is 24.3 Å². The molecule has 1 aromatic heterocycles. The van der Waals surface area contributed by atoms with Gasteiger partial charge in [0.2, 0.25) is 0 Å². The fourth-order valence-electron chi connectivity index (χ4n) is 4.70. The van der Waals surface area contributed by atoms with Crippen LogP contribution in [-0.4, -0.2) is 62.3 Å². The predicted molar refractivity (Wildman–Crippen MR) is 166 cm³/mol. The third-order valence-corrected chi connectivity index (χ3v) is 8.91. The van der Waals surface area contributed by atoms with Gasteiger partial charge in [0.25, 0.3) is 10.0 Å². The maximum Gasteiger partial charge on any atom is 0.324 e. The Bertz CT molecular complexity index is 1690. The second kappa shape index (κ2) is 13.6. The summed E-state index contributed by atoms with van der Waals surface area (Å²) in [6.45, 7) is 0.140. The number of hydrogen-bond donors (Lipinski definition) is 1. The van der Waals surface area contributed by atoms with Gasteiger partial charge >= 0.3 is 5.97 Å². The number of ketones is 1. The Labute approximate surface area is 255 Å². The third-order valence-electron chi connectivity index (χ3n) is 6.74. The monoisotopic (exact) mass is 627 g/mol. The number of carboxylic acids is 1. The summed E-state index contributed by atoms with van der Waals surface area (Å²) < 4.78 is 28.1. The Hall–Kier alpha value is -3.50. The first kappa shape index (κ1) is 31.4. The number of anilines is 1. The number of sulfonamides is 1. The molecule has 0 aliphatic rings. The van der Waals surface area contributed by atoms with Crippen molar-refractivity contribution in [1.82, 2.24) is 9.88 Å². The number of pyridine rings is 1. The number of carboxylic acid groups (broad SMARTS) is 1. The van der Waals surface area contributed by atoms with E-state index in [1.807, 2.05) is 26.2 Å². The minimum Gasteiger partial charge on any atom is -0.480 e. The van der Waals surface area contributed by atoms with Crippen LogP contribution in [0.5, 0.6) is 0 Å². The summed E-state index contributed by atoms with van der Waals surface area (Å²) in [5, 5.41) is 10.7. The maximum absolute atomic E-state index is 13.7. The van der Waals surface area contributed by atoms with Gasteiger partial charge in [-0.2, -0.15) is 0 Å². The summed E-state index contributed by atoms with van der Waals surface area (Å²) in [5.74, 6) is -1.48. The SMILES string of the molecule is CN(C)CCCc1ccc(CCC(=O)c2cccc3c(N(CC(=O)O)S(=O)(=O)c4cc(Cl)cc(Cl)c4)cccc23)cn1. The smallest absolute Gasteiger partial charge is 0.324 e. The third kappa shape index (κ3) is 7.66. The van der Waals surface area contributed by atoms with Gasteiger partial charge in [-0.25, -0.2) is 8.42 Å². The number of nitrogens with zero attached hydrogens (tertiary/aromatic N) is 3. The van der Waals surface area contributed by atoms with Crippen LogP contribution in [0.25, 0.3) is 10.8 Å². The van der Waals surface area contributed by atoms with E-state index >= 15 is 0 Å². The molecule has 0 bridgehead atoms. The average molecular weight is 629 g/mol. The highest BCUT2D eigenvalue weighted by Gasteiger charge is 2.29. The Morgan fingerprint density at radius 1 is 0.905 bits per heavy atom. The lowest BCUT2D eigenvalue weighted by Crippen LogP contribution is -2.36. The molecule has 4 aromatic rings. The van der Waals surface area contributed by atoms with Crippen molar-refractivity contribution < 1.29 is 23.1 Å². The number of fused-ring (bicyclic) bond motifs is 1. The lowest BCUT2D eigenvalue weighted by atomic mass is 9.97. The average Bonchev–Trinajstić information content (AvgIpc) is 2.94. The van der Waals surface area contributed by atoms with Crippen molar-refractivity contribution in [2.24, 2.45) is 0 Å². The highest BCUT2D eigenvalue weighted by Crippen LogP contribution is 2.34. The van der Waals surface area contributed by atoms with Crippen LogP contribution in [0.1, 0.15) is 34.5 Å². The first-order valence-corrected chi connectivity index (χ1v) is 15.5. The molecule has 0 atom stereocenters. The van der Waals surface area contributed by atoms with Crippen LogP contribution in [-0.2, 0) is 27.7 Å². The second-order valence-electron chi connectivity index (χ2n) is 10.2. The van der Waals surface area contributed by atoms with Gasteiger partial charge < -0.3 is 10.0 Å². The summed E-state index contributed by atoms with van der Waals surface area (Å²) in [6.07, 6.45) is 4.42. The summed E-state index contributed by atoms with van der Waals surface area (Å²) in [4.78, 5) is 31.6. The van der Waals surface area contributed by atoms with E-state index in [0.29, 0.717) is 22.8 Å². The van der Waals surface area contributed by atoms with Crippen LogP contribution >= 0.6 is 23.2 Å². The molecule has 0 saturated heterocycles. The molecule has 0 amide bonds. The largest absolute Gasteiger partial charge is 0.480 e. The van der Waals surface area contributed by atoms with Gasteiger partial charge in [0.1, 0.15) is 6.54 Å². The van der Waals surface area contributed by atoms with E-state index in [1.54, 1.807) is 36.5 Å². The fourth-order valence-corrected chi connectivity index (χ4v) is 6.86. The minimum absolute atomic E-state index is 0.0938. The summed E-state index contributed by atoms with van der Waals surface area (Å²) in [5.41, 5.74) is 2.49. The Morgan fingerprint density at radius 2 is 1.60 bits per heavy atom. The molecule has 1 N–H and O–H groups in total. The van der Waals surface area contributed by atoms with Gasteiger partial charge in [-0.15, -0.1) is 0 Å². The fraction of sp³-hybridized carbons (Fsp3) is 0.258. The van der Waals surface area contributed by atoms with E-state index < -0.39 is 22.5 Å². The van der Waals surface area contributed by atoms with Crippen LogP contribution in [0, 0.1) is 0 Å². The van der Waals surface area contributed by atoms with Gasteiger partial charge in [0.15, 0.2) is 5.78 Å². The number of aryl methyl sites for hydroxylation is 2. The number of aromatic nitrogens is 1. The van der Waals surface area contributed by atoms with Crippen molar-refractivity contribution in [2.75, 3.05) is 31.5 Å². The van der Waals surface area contributed by atoms with Crippen molar-refractivity contribution >= 4 is 61.4 Å². The molecule has 220 valence electrons. The predicted octanol–water partition coefficient (Wildman–Crippen LogP) is 6.13. The number of carbonyl (C=O) groups is 2. The van der Waals surface area contributed by atoms with Crippen molar-refractivity contribution in [3.8, 4) is 0 Å². The maximum atomic E-state index is 13.7. The van der Waals surface area contributed by atoms with E-state index in [9.17, 15) is 23.1 Å². The number of aliphatic carboxylic acids is 1. The highest BCUT2D eigenvalue weighted by molar-refractivity contribution is 7.93. The number of benzene rings is 3. The standard InChI is InChI=1S/C31H31Cl2N3O5S/c1-35(2)15-5-6-24-13-11-21(19-34-24)12-14-30(37)28-9-3-8-27-26(28)7-4-10-29(27)36(20-31(38)39)42(40,41)25-17-22(32)16-23(33)18-25/h3-4,7-11,13,16-19H,5-6,12,14-15,20H2,1-2H3,(H,38,39). The zero-order valence-electron chi connectivity index (χ0n) is 23.3. The molecule has 0 spiro atoms. The molecule has 42 heavy (non-hydrogen) atoms. The molecule has 0 saturated carbocycles. The lowest BCUT2D eigenvalue weighted by molar-refractivity contribution is -0.135. The zero-order valence-corrected chi connectivity index (χ0v) is 25.6. The van der Waals surface area contributed by atoms with Crippen LogP contribution in [0.2, 0.25) is 10.0 Å². The zero-order chi connectivity index (χ0) is 30.4. The first-order chi connectivity index (χ1) is 20.0. The van der Waals surface area contributed by atoms with Crippen LogP contribution < -0.4 is 4.31 Å². The van der Waals surface area contributed by atoms with Gasteiger partial charge in [-0.1, -0.05) is 59.6 Å². The van der Waals surface area contributed by atoms with E-state index in [-0.39, 0.29) is 32.8 Å². The van der Waals surface area contributed by atoms with Crippen LogP contribution in [0.3, 0.4) is 0 Å². The van der Waals surface area contributed by atoms with Crippen molar-refractivity contribution in [2.45, 2.75) is 30.6 Å². The lowest BCUT2D eigenvalue weighted by Gasteiger charge is -2.25. The molecule has 1 heterocycles. The van der Waals surface area contributed by atoms with E-state index in [4.69, 9.17) is 23.2 Å². The topological polar surface area (TPSA) is 108 Å². The first-order valence-electron chi connectivity index (χ1n) is 13.3. The normalized spacial score (nSPS) is 11.6. The van der Waals surface area contributed by atoms with Crippen LogP contribution in [0.4, 0.5) is 5.69 Å². The molecule has 0 aliphatic carbocycles. The molecule has 0 aliphatic heterocycles. The molecule has 0 unspecified atom stereocenters. The Kier molecular flexibility index (Phi) is 10.2. The Balaban J connectivity index is 1.61. The molecule has 3 aromatic carbocycles. The molecular formula is C31H31Cl2N3O5S. The summed E-state index contributed by atoms with van der Waals surface area (Å²) in [6, 6.07) is 17.6. The van der Waals surface area contributed by atoms with E-state index in [0.717, 1.165) is 34.9 Å². The highest BCUT2D eigenvalue weighted by atomic mass is 35.5. The number of halogens is 2. The van der Waals surface area contributed by atoms with Crippen molar-refractivity contribution in [3.05, 3.63) is 99.8 Å². The second-order valence-corrected chi connectivity index (χ2v) is 12.9. The molecule has 11 heteroatoms. The Morgan fingerprint density at radius 3 is 2.24 bits per heavy atom. The van der Waals surface area contributed by atoms with Crippen molar-refractivity contribution in [3.63, 3.8) is 0 Å². The van der Waals surface area contributed by atoms with Gasteiger partial charge in [0, 0.05) is 39.3 Å². The molecule has 0 fully saturated rings. The summed E-state index contributed by atoms with van der Waals surface area (Å²) in [7, 11) is -0.315. The van der Waals surface area contributed by atoms with E-state index in [2.05, 4.69) is 9.88 Å². The quantitative estimate of drug-likeness (QED) is 0.178. The number of carbonyl (C=O) groups excluding carboxylic acids is 1. The molecule has 0 radical (unpaired) electrons. The number of Topliss-reactive ketones (excluding diaryl/α,β-unsaturated/α-hetero) is 1. The molecule has 4 rings (SSSR count). The number of rotatable bonds is 13. The van der Waals surface area contributed by atoms with Gasteiger partial charge in [-0.05, 0) is 81.2 Å².